The molecule has 14 heteroatoms. The predicted octanol–water partition coefficient (Wildman–Crippen LogP) is 6.39. The van der Waals surface area contributed by atoms with Gasteiger partial charge in [0.15, 0.2) is 0 Å². The highest BCUT2D eigenvalue weighted by atomic mass is 16.5. The van der Waals surface area contributed by atoms with Gasteiger partial charge in [0.1, 0.15) is 12.1 Å². The van der Waals surface area contributed by atoms with Crippen molar-refractivity contribution in [1.82, 2.24) is 40.8 Å². The van der Waals surface area contributed by atoms with Gasteiger partial charge in [-0.2, -0.15) is 0 Å². The Hall–Kier alpha value is -5.57. The third kappa shape index (κ3) is 10.2. The Morgan fingerprint density at radius 1 is 1.07 bits per heavy atom. The molecule has 1 saturated carbocycles. The van der Waals surface area contributed by atoms with E-state index in [0.29, 0.717) is 57.3 Å². The summed E-state index contributed by atoms with van der Waals surface area (Å²) in [6.45, 7) is 21.2. The molecule has 2 saturated heterocycles. The van der Waals surface area contributed by atoms with Crippen molar-refractivity contribution in [3.63, 3.8) is 0 Å². The number of nitrogens with one attached hydrogen (secondary N) is 4. The summed E-state index contributed by atoms with van der Waals surface area (Å²) in [6, 6.07) is 15.2. The van der Waals surface area contributed by atoms with E-state index in [4.69, 9.17) is 14.5 Å². The van der Waals surface area contributed by atoms with E-state index in [0.717, 1.165) is 62.2 Å². The number of hydrogen-bond donors (Lipinski definition) is 4. The number of fused-ring (bicyclic) bond motifs is 6. The number of amides is 3. The number of cyclic esters (lactones) is 1. The summed E-state index contributed by atoms with van der Waals surface area (Å²) in [5.74, 6) is -1.22. The minimum Gasteiger partial charge on any atom is -0.464 e. The molecule has 4 N–H and O–H groups in total. The van der Waals surface area contributed by atoms with Crippen molar-refractivity contribution in [2.75, 3.05) is 33.9 Å². The first-order valence-electron chi connectivity index (χ1n) is 24.2. The second-order valence-corrected chi connectivity index (χ2v) is 20.5. The maximum Gasteiger partial charge on any atom is 0.324 e. The highest BCUT2D eigenvalue weighted by Crippen LogP contribution is 2.42. The number of nitrogens with zero attached hydrogens (tertiary/aromatic N) is 4. The zero-order valence-corrected chi connectivity index (χ0v) is 40.8. The van der Waals surface area contributed by atoms with Gasteiger partial charge in [0.2, 0.25) is 17.7 Å². The molecule has 2 aromatic carbocycles. The first-order chi connectivity index (χ1) is 32.0. The number of aromatic nitrogens is 2. The number of hydrazine groups is 1. The summed E-state index contributed by atoms with van der Waals surface area (Å²) in [7, 11) is 3.41. The van der Waals surface area contributed by atoms with Crippen LogP contribution in [-0.2, 0) is 48.0 Å². The van der Waals surface area contributed by atoms with Gasteiger partial charge >= 0.3 is 5.97 Å². The van der Waals surface area contributed by atoms with Gasteiger partial charge in [0, 0.05) is 79.5 Å². The van der Waals surface area contributed by atoms with E-state index in [1.807, 2.05) is 38.0 Å². The average Bonchev–Trinajstić information content (AvgIpc) is 4.11. The minimum absolute atomic E-state index is 0.0238. The highest BCUT2D eigenvalue weighted by molar-refractivity contribution is 5.95. The largest absolute Gasteiger partial charge is 0.464 e. The van der Waals surface area contributed by atoms with E-state index in [1.54, 1.807) is 19.1 Å². The second-order valence-electron chi connectivity index (χ2n) is 20.5. The Bertz CT molecular complexity index is 2540. The van der Waals surface area contributed by atoms with Gasteiger partial charge in [-0.15, -0.1) is 0 Å². The maximum atomic E-state index is 14.7. The van der Waals surface area contributed by atoms with Crippen molar-refractivity contribution >= 4 is 34.6 Å². The van der Waals surface area contributed by atoms with Crippen LogP contribution >= 0.6 is 0 Å². The summed E-state index contributed by atoms with van der Waals surface area (Å²) in [4.78, 5) is 61.4. The minimum atomic E-state index is -0.757. The van der Waals surface area contributed by atoms with Crippen LogP contribution in [0.25, 0.3) is 33.3 Å². The number of likely N-dealkylation sites (N-methyl/N-ethyl adjacent to an activating group) is 1. The Labute approximate surface area is 395 Å². The molecule has 3 amide bonds. The molecule has 5 atom stereocenters. The quantitative estimate of drug-likeness (QED) is 0.0978. The predicted molar refractivity (Wildman–Crippen MR) is 260 cm³/mol. The summed E-state index contributed by atoms with van der Waals surface area (Å²) < 4.78 is 14.4. The number of methoxy groups -OCH3 is 1. The van der Waals surface area contributed by atoms with E-state index in [-0.39, 0.29) is 60.3 Å². The number of esters is 1. The molecule has 4 aromatic rings. The molecule has 2 aromatic heterocycles. The maximum absolute atomic E-state index is 14.7. The molecule has 0 radical (unpaired) electrons. The number of rotatable bonds is 11. The standard InChI is InChI=1S/C53H70N8O6/c1-11-60-45-17-16-35-26-40(45)41(48(60)39-14-12-18-54-46(39)33(6)66-10)27-53(7,8)29-67-52(65)42-15-13-19-61(58-42)32(5)43(23-34-20-31(4)21-36(35)22-34)57-50(63)47(30(2)3)59(9)51(64)37-24-38(25-37)56-49(62)44-28-55-44/h12,14,16-18,20-22,26,30,33,37-38,42-44,47,55,58H,5,11,13,15,19,23-25,27-29H2,1-4,6-10H3,(H,56,62)(H,57,63)/t33-,37?,38?,42-,43-,44-,47-/m0/s1. The first kappa shape index (κ1) is 47.9. The zero-order valence-electron chi connectivity index (χ0n) is 40.8. The second kappa shape index (κ2) is 19.6. The van der Waals surface area contributed by atoms with E-state index < -0.39 is 23.5 Å². The molecule has 4 aliphatic rings. The Kier molecular flexibility index (Phi) is 14.0. The SMILES string of the molecule is C=C1[C@@H](NC(=O)[C@H](C(C)C)N(C)C(=O)C2CC(NC(=O)[C@@H]3CN3)C2)Cc2cc(C)cc(c2)-c2ccc3c(c2)c(c(-c2cccnc2[C@H](C)OC)n3CC)CC(C)(C)COC(=O)[C@@H]2CCCN1N2. The Morgan fingerprint density at radius 3 is 2.54 bits per heavy atom. The summed E-state index contributed by atoms with van der Waals surface area (Å²) >= 11 is 0. The normalized spacial score (nSPS) is 23.7. The number of hydrogen-bond acceptors (Lipinski definition) is 10. The van der Waals surface area contributed by atoms with Crippen LogP contribution in [-0.4, -0.2) is 107 Å². The topological polar surface area (TPSA) is 169 Å². The fourth-order valence-electron chi connectivity index (χ4n) is 10.5. The molecule has 67 heavy (non-hydrogen) atoms. The molecule has 14 nitrogen and oxygen atoms in total. The van der Waals surface area contributed by atoms with Crippen LogP contribution in [0.3, 0.4) is 0 Å². The molecular weight excluding hydrogens is 845 g/mol. The summed E-state index contributed by atoms with van der Waals surface area (Å²) in [6.07, 6.45) is 5.02. The van der Waals surface area contributed by atoms with Crippen molar-refractivity contribution < 1.29 is 28.7 Å². The molecule has 1 aliphatic carbocycles. The van der Waals surface area contributed by atoms with E-state index in [1.165, 1.54) is 0 Å². The number of pyridine rings is 1. The monoisotopic (exact) mass is 915 g/mol. The number of carbonyl (C=O) groups is 4. The fourth-order valence-corrected chi connectivity index (χ4v) is 10.5. The van der Waals surface area contributed by atoms with Gasteiger partial charge in [-0.1, -0.05) is 64.1 Å². The highest BCUT2D eigenvalue weighted by Gasteiger charge is 2.43. The molecule has 0 unspecified atom stereocenters. The molecule has 8 rings (SSSR count). The zero-order chi connectivity index (χ0) is 47.9. The van der Waals surface area contributed by atoms with Crippen LogP contribution in [0.2, 0.25) is 0 Å². The van der Waals surface area contributed by atoms with Crippen LogP contribution in [0.4, 0.5) is 0 Å². The lowest BCUT2D eigenvalue weighted by Crippen LogP contribution is -2.59. The van der Waals surface area contributed by atoms with E-state index >= 15 is 0 Å². The lowest BCUT2D eigenvalue weighted by atomic mass is 9.78. The Balaban J connectivity index is 1.16. The van der Waals surface area contributed by atoms with Gasteiger partial charge in [-0.05, 0) is 112 Å². The van der Waals surface area contributed by atoms with Gasteiger partial charge in [0.25, 0.3) is 0 Å². The van der Waals surface area contributed by atoms with Gasteiger partial charge < -0.3 is 39.9 Å². The van der Waals surface area contributed by atoms with Crippen molar-refractivity contribution in [3.8, 4) is 22.4 Å². The summed E-state index contributed by atoms with van der Waals surface area (Å²) in [5.41, 5.74) is 13.0. The number of aryl methyl sites for hydroxylation is 2. The van der Waals surface area contributed by atoms with E-state index in [2.05, 4.69) is 103 Å². The summed E-state index contributed by atoms with van der Waals surface area (Å²) in [5, 5.41) is 12.4. The third-order valence-electron chi connectivity index (χ3n) is 14.2. The van der Waals surface area contributed by atoms with Crippen LogP contribution in [0, 0.1) is 24.2 Å². The average molecular weight is 915 g/mol. The third-order valence-corrected chi connectivity index (χ3v) is 14.2. The smallest absolute Gasteiger partial charge is 0.324 e. The molecule has 0 spiro atoms. The molecule has 358 valence electrons. The van der Waals surface area contributed by atoms with Crippen molar-refractivity contribution in [1.29, 1.82) is 0 Å². The first-order valence-corrected chi connectivity index (χ1v) is 24.2. The van der Waals surface area contributed by atoms with Crippen molar-refractivity contribution in [2.45, 2.75) is 130 Å². The number of benzene rings is 2. The fraction of sp³-hybridized carbons (Fsp3) is 0.528. The van der Waals surface area contributed by atoms with Crippen LogP contribution in [0.15, 0.2) is 67.0 Å². The van der Waals surface area contributed by atoms with Crippen molar-refractivity contribution in [2.24, 2.45) is 17.3 Å². The molecule has 3 aliphatic heterocycles. The van der Waals surface area contributed by atoms with Crippen LogP contribution in [0.1, 0.15) is 95.7 Å². The number of ether oxygens (including phenoxy) is 2. The Morgan fingerprint density at radius 2 is 1.84 bits per heavy atom. The number of carbonyl (C=O) groups excluding carboxylic acids is 4. The van der Waals surface area contributed by atoms with Crippen LogP contribution in [0.5, 0.6) is 0 Å². The lowest BCUT2D eigenvalue weighted by molar-refractivity contribution is -0.152. The van der Waals surface area contributed by atoms with Crippen LogP contribution < -0.4 is 21.4 Å². The van der Waals surface area contributed by atoms with Gasteiger partial charge in [0.05, 0.1) is 36.2 Å². The van der Waals surface area contributed by atoms with Gasteiger partial charge in [-0.25, -0.2) is 5.43 Å². The molecular formula is C53H70N8O6. The molecule has 3 fully saturated rings. The van der Waals surface area contributed by atoms with Crippen molar-refractivity contribution in [3.05, 3.63) is 89.4 Å². The van der Waals surface area contributed by atoms with E-state index in [9.17, 15) is 19.2 Å². The molecule has 5 heterocycles. The van der Waals surface area contributed by atoms with Gasteiger partial charge in [-0.3, -0.25) is 24.2 Å². The lowest BCUT2D eigenvalue weighted by Gasteiger charge is -2.41. The molecule has 6 bridgehead atoms.